The van der Waals surface area contributed by atoms with Gasteiger partial charge in [-0.3, -0.25) is 0 Å². The van der Waals surface area contributed by atoms with E-state index in [-0.39, 0.29) is 0 Å². The lowest BCUT2D eigenvalue weighted by Gasteiger charge is -2.27. The van der Waals surface area contributed by atoms with Crippen molar-refractivity contribution in [1.29, 1.82) is 0 Å². The van der Waals surface area contributed by atoms with Crippen LogP contribution in [0.3, 0.4) is 0 Å². The highest BCUT2D eigenvalue weighted by Crippen LogP contribution is 2.43. The maximum absolute atomic E-state index is 6.51. The van der Waals surface area contributed by atoms with Gasteiger partial charge in [0, 0.05) is 55.7 Å². The molecule has 0 aliphatic carbocycles. The van der Waals surface area contributed by atoms with Gasteiger partial charge in [0.25, 0.3) is 0 Å². The van der Waals surface area contributed by atoms with Crippen molar-refractivity contribution >= 4 is 78.0 Å². The van der Waals surface area contributed by atoms with Gasteiger partial charge in [-0.25, -0.2) is 0 Å². The third-order valence-corrected chi connectivity index (χ3v) is 11.1. The van der Waals surface area contributed by atoms with Crippen molar-refractivity contribution in [3.8, 4) is 0 Å². The molecule has 2 heterocycles. The molecule has 0 radical (unpaired) electrons. The first-order valence-electron chi connectivity index (χ1n) is 18.3. The summed E-state index contributed by atoms with van der Waals surface area (Å²) in [6.45, 7) is 15.2. The third kappa shape index (κ3) is 5.62. The van der Waals surface area contributed by atoms with Gasteiger partial charge in [-0.15, -0.1) is 0 Å². The van der Waals surface area contributed by atoms with Crippen molar-refractivity contribution in [3.63, 3.8) is 0 Å². The second-order valence-corrected chi connectivity index (χ2v) is 14.7. The molecule has 4 heteroatoms. The van der Waals surface area contributed by atoms with E-state index >= 15 is 0 Å². The van der Waals surface area contributed by atoms with Crippen molar-refractivity contribution in [3.05, 3.63) is 166 Å². The van der Waals surface area contributed by atoms with E-state index in [9.17, 15) is 0 Å². The zero-order chi connectivity index (χ0) is 36.5. The number of nitrogens with zero attached hydrogens (tertiary/aromatic N) is 2. The molecule has 0 aliphatic heterocycles. The van der Waals surface area contributed by atoms with Gasteiger partial charge >= 0.3 is 0 Å². The highest BCUT2D eigenvalue weighted by molar-refractivity contribution is 6.09. The molecule has 0 fully saturated rings. The average molecular weight is 691 g/mol. The highest BCUT2D eigenvalue weighted by Gasteiger charge is 2.20. The van der Waals surface area contributed by atoms with Gasteiger partial charge < -0.3 is 18.6 Å². The Morgan fingerprint density at radius 2 is 0.566 bits per heavy atom. The van der Waals surface area contributed by atoms with Crippen LogP contribution in [-0.2, 0) is 0 Å². The molecule has 4 nitrogen and oxygen atoms in total. The summed E-state index contributed by atoms with van der Waals surface area (Å²) in [5.74, 6) is 0. The number of hydrogen-bond acceptors (Lipinski definition) is 4. The Morgan fingerprint density at radius 1 is 0.283 bits per heavy atom. The number of furan rings is 2. The van der Waals surface area contributed by atoms with Crippen LogP contribution in [0.4, 0.5) is 34.1 Å². The number of benzene rings is 7. The maximum atomic E-state index is 6.51. The molecule has 7 aromatic carbocycles. The first-order chi connectivity index (χ1) is 25.6. The maximum Gasteiger partial charge on any atom is 0.135 e. The largest absolute Gasteiger partial charge is 0.456 e. The summed E-state index contributed by atoms with van der Waals surface area (Å²) in [6.07, 6.45) is 0. The van der Waals surface area contributed by atoms with Crippen LogP contribution in [0, 0.1) is 48.5 Å². The topological polar surface area (TPSA) is 32.8 Å². The van der Waals surface area contributed by atoms with Gasteiger partial charge in [-0.2, -0.15) is 0 Å². The van der Waals surface area contributed by atoms with Gasteiger partial charge in [-0.05, 0) is 185 Å². The SMILES string of the molecule is Cc1ccc2oc3ccc(N(c4ccc(C)c(C)c4)c4ccc5oc6ccc(N(c7ccc(C)c(C)c7)c7ccc(C)c(C)c7)cc6c5c4)cc3c2c1. The predicted octanol–water partition coefficient (Wildman–Crippen LogP) is 14.6. The Balaban J connectivity index is 1.23. The highest BCUT2D eigenvalue weighted by atomic mass is 16.3. The van der Waals surface area contributed by atoms with Crippen LogP contribution in [0.1, 0.15) is 38.9 Å². The third-order valence-electron chi connectivity index (χ3n) is 11.1. The van der Waals surface area contributed by atoms with Crippen LogP contribution in [0.5, 0.6) is 0 Å². The Bertz CT molecular complexity index is 2840. The van der Waals surface area contributed by atoms with E-state index in [0.29, 0.717) is 0 Å². The molecule has 2 aromatic heterocycles. The second-order valence-electron chi connectivity index (χ2n) is 14.7. The Labute approximate surface area is 310 Å². The Morgan fingerprint density at radius 3 is 0.906 bits per heavy atom. The van der Waals surface area contributed by atoms with E-state index in [0.717, 1.165) is 78.0 Å². The van der Waals surface area contributed by atoms with E-state index in [1.807, 2.05) is 0 Å². The molecule has 0 atom stereocenters. The summed E-state index contributed by atoms with van der Waals surface area (Å²) in [6, 6.07) is 46.1. The van der Waals surface area contributed by atoms with Crippen molar-refractivity contribution in [2.45, 2.75) is 48.5 Å². The van der Waals surface area contributed by atoms with Crippen LogP contribution >= 0.6 is 0 Å². The minimum Gasteiger partial charge on any atom is -0.456 e. The van der Waals surface area contributed by atoms with Crippen LogP contribution in [0.25, 0.3) is 43.9 Å². The molecule has 9 aromatic rings. The molecule has 9 rings (SSSR count). The van der Waals surface area contributed by atoms with Crippen LogP contribution < -0.4 is 9.80 Å². The van der Waals surface area contributed by atoms with E-state index in [2.05, 4.69) is 186 Å². The quantitative estimate of drug-likeness (QED) is 0.174. The molecular weight excluding hydrogens is 649 g/mol. The van der Waals surface area contributed by atoms with Crippen molar-refractivity contribution in [2.24, 2.45) is 0 Å². The molecule has 0 spiro atoms. The average Bonchev–Trinajstić information content (AvgIpc) is 3.70. The minimum atomic E-state index is 0.858. The number of aryl methyl sites for hydroxylation is 7. The van der Waals surface area contributed by atoms with E-state index < -0.39 is 0 Å². The molecule has 0 unspecified atom stereocenters. The lowest BCUT2D eigenvalue weighted by Crippen LogP contribution is -2.11. The summed E-state index contributed by atoms with van der Waals surface area (Å²) in [5.41, 5.74) is 18.9. The molecule has 0 N–H and O–H groups in total. The summed E-state index contributed by atoms with van der Waals surface area (Å²) in [5, 5.41) is 4.37. The number of rotatable bonds is 6. The summed E-state index contributed by atoms with van der Waals surface area (Å²) >= 11 is 0. The van der Waals surface area contributed by atoms with E-state index in [1.54, 1.807) is 0 Å². The Hall–Kier alpha value is -6.26. The standard InChI is InChI=1S/C49H42N2O2/c1-29-8-18-46-42(22-29)43-26-40(16-19-47(43)52-46)51(38-14-11-32(4)35(7)25-38)41-17-21-49-45(28-41)44-27-39(15-20-48(44)53-49)50(36-12-9-30(2)33(5)23-36)37-13-10-31(3)34(6)24-37/h8-28H,1-7H3. The second kappa shape index (κ2) is 12.5. The molecule has 0 amide bonds. The Kier molecular flexibility index (Phi) is 7.67. The van der Waals surface area contributed by atoms with Gasteiger partial charge in [0.15, 0.2) is 0 Å². The van der Waals surface area contributed by atoms with Gasteiger partial charge in [0.2, 0.25) is 0 Å². The minimum absolute atomic E-state index is 0.858. The van der Waals surface area contributed by atoms with Crippen molar-refractivity contribution in [1.82, 2.24) is 0 Å². The molecular formula is C49H42N2O2. The fraction of sp³-hybridized carbons (Fsp3) is 0.143. The molecule has 260 valence electrons. The summed E-state index contributed by atoms with van der Waals surface area (Å²) in [4.78, 5) is 4.70. The first kappa shape index (κ1) is 32.6. The molecule has 0 aliphatic rings. The fourth-order valence-corrected chi connectivity index (χ4v) is 7.54. The molecule has 0 bridgehead atoms. The molecule has 0 saturated carbocycles. The normalized spacial score (nSPS) is 11.7. The number of anilines is 6. The van der Waals surface area contributed by atoms with E-state index in [1.165, 1.54) is 38.9 Å². The zero-order valence-electron chi connectivity index (χ0n) is 31.3. The van der Waals surface area contributed by atoms with Gasteiger partial charge in [0.1, 0.15) is 22.3 Å². The van der Waals surface area contributed by atoms with Crippen LogP contribution in [0.2, 0.25) is 0 Å². The number of hydrogen-bond donors (Lipinski definition) is 0. The lowest BCUT2D eigenvalue weighted by molar-refractivity contribution is 0.668. The number of fused-ring (bicyclic) bond motifs is 6. The smallest absolute Gasteiger partial charge is 0.135 e. The first-order valence-corrected chi connectivity index (χ1v) is 18.3. The summed E-state index contributed by atoms with van der Waals surface area (Å²) in [7, 11) is 0. The molecule has 0 saturated heterocycles. The van der Waals surface area contributed by atoms with Crippen molar-refractivity contribution < 1.29 is 8.83 Å². The van der Waals surface area contributed by atoms with Crippen LogP contribution in [0.15, 0.2) is 136 Å². The molecule has 53 heavy (non-hydrogen) atoms. The zero-order valence-corrected chi connectivity index (χ0v) is 31.3. The predicted molar refractivity (Wildman–Crippen MR) is 224 cm³/mol. The van der Waals surface area contributed by atoms with Crippen LogP contribution in [-0.4, -0.2) is 0 Å². The van der Waals surface area contributed by atoms with Gasteiger partial charge in [0.05, 0.1) is 0 Å². The fourth-order valence-electron chi connectivity index (χ4n) is 7.54. The summed E-state index contributed by atoms with van der Waals surface area (Å²) < 4.78 is 12.8. The lowest BCUT2D eigenvalue weighted by atomic mass is 10.0. The van der Waals surface area contributed by atoms with Crippen molar-refractivity contribution in [2.75, 3.05) is 9.80 Å². The van der Waals surface area contributed by atoms with E-state index in [4.69, 9.17) is 8.83 Å². The van der Waals surface area contributed by atoms with Gasteiger partial charge in [-0.1, -0.05) is 29.8 Å². The monoisotopic (exact) mass is 690 g/mol.